The summed E-state index contributed by atoms with van der Waals surface area (Å²) in [6, 6.07) is 0. The quantitative estimate of drug-likeness (QED) is 0.718. The summed E-state index contributed by atoms with van der Waals surface area (Å²) in [6.45, 7) is 4.07. The van der Waals surface area contributed by atoms with Crippen LogP contribution in [0.25, 0.3) is 0 Å². The highest BCUT2D eigenvalue weighted by Gasteiger charge is 2.25. The zero-order chi connectivity index (χ0) is 12.9. The van der Waals surface area contributed by atoms with Crippen molar-refractivity contribution in [3.05, 3.63) is 0 Å². The first-order chi connectivity index (χ1) is 7.92. The highest BCUT2D eigenvalue weighted by Crippen LogP contribution is 2.32. The number of amides is 1. The van der Waals surface area contributed by atoms with Gasteiger partial charge in [-0.1, -0.05) is 19.8 Å². The van der Waals surface area contributed by atoms with E-state index in [2.05, 4.69) is 6.92 Å². The highest BCUT2D eigenvalue weighted by molar-refractivity contribution is 7.99. The van der Waals surface area contributed by atoms with E-state index in [1.807, 2.05) is 11.8 Å². The van der Waals surface area contributed by atoms with Crippen molar-refractivity contribution < 1.29 is 4.79 Å². The van der Waals surface area contributed by atoms with Gasteiger partial charge in [0.25, 0.3) is 0 Å². The summed E-state index contributed by atoms with van der Waals surface area (Å²) in [7, 11) is 0. The Bertz CT molecular complexity index is 256. The fourth-order valence-corrected chi connectivity index (χ4v) is 3.78. The van der Waals surface area contributed by atoms with Gasteiger partial charge in [-0.25, -0.2) is 0 Å². The summed E-state index contributed by atoms with van der Waals surface area (Å²) in [4.78, 5) is 11.1. The lowest BCUT2D eigenvalue weighted by Gasteiger charge is -2.26. The Hall–Kier alpha value is -0.220. The van der Waals surface area contributed by atoms with E-state index in [-0.39, 0.29) is 0 Å². The monoisotopic (exact) mass is 258 g/mol. The van der Waals surface area contributed by atoms with Gasteiger partial charge < -0.3 is 11.5 Å². The van der Waals surface area contributed by atoms with Crippen LogP contribution in [0.1, 0.15) is 52.4 Å². The first kappa shape index (κ1) is 14.8. The van der Waals surface area contributed by atoms with E-state index in [9.17, 15) is 4.79 Å². The van der Waals surface area contributed by atoms with Gasteiger partial charge >= 0.3 is 0 Å². The van der Waals surface area contributed by atoms with Crippen molar-refractivity contribution in [2.24, 2.45) is 17.4 Å². The lowest BCUT2D eigenvalue weighted by molar-refractivity contribution is -0.122. The Morgan fingerprint density at radius 1 is 1.47 bits per heavy atom. The second-order valence-electron chi connectivity index (χ2n) is 5.65. The molecule has 17 heavy (non-hydrogen) atoms. The minimum atomic E-state index is -0.833. The van der Waals surface area contributed by atoms with E-state index in [0.717, 1.165) is 23.3 Å². The molecule has 100 valence electrons. The van der Waals surface area contributed by atoms with E-state index >= 15 is 0 Å². The third kappa shape index (κ3) is 5.30. The van der Waals surface area contributed by atoms with Crippen LogP contribution in [0.4, 0.5) is 0 Å². The third-order valence-electron chi connectivity index (χ3n) is 3.65. The van der Waals surface area contributed by atoms with Crippen LogP contribution in [0.5, 0.6) is 0 Å². The molecule has 1 saturated carbocycles. The summed E-state index contributed by atoms with van der Waals surface area (Å²) in [5, 5.41) is 0.816. The molecule has 0 aliphatic heterocycles. The van der Waals surface area contributed by atoms with Crippen molar-refractivity contribution in [3.8, 4) is 0 Å². The van der Waals surface area contributed by atoms with E-state index in [1.165, 1.54) is 25.7 Å². The van der Waals surface area contributed by atoms with Crippen LogP contribution < -0.4 is 11.5 Å². The molecule has 4 heteroatoms. The van der Waals surface area contributed by atoms with Crippen molar-refractivity contribution in [1.29, 1.82) is 0 Å². The molecule has 3 unspecified atom stereocenters. The van der Waals surface area contributed by atoms with Crippen LogP contribution in [-0.4, -0.2) is 22.4 Å². The highest BCUT2D eigenvalue weighted by atomic mass is 32.2. The molecule has 0 radical (unpaired) electrons. The molecule has 0 aromatic carbocycles. The maximum absolute atomic E-state index is 11.1. The molecule has 4 N–H and O–H groups in total. The molecule has 0 aromatic rings. The topological polar surface area (TPSA) is 69.1 Å². The molecule has 1 aliphatic rings. The molecule has 0 saturated heterocycles. The lowest BCUT2D eigenvalue weighted by Crippen LogP contribution is -2.49. The standard InChI is InChI=1S/C13H26N2OS/c1-10-5-3-6-11(9-10)17-8-4-7-13(2,15)12(14)16/h10-11H,3-9,15H2,1-2H3,(H2,14,16). The maximum atomic E-state index is 11.1. The number of hydrogen-bond donors (Lipinski definition) is 2. The number of thioether (sulfide) groups is 1. The molecule has 1 rings (SSSR count). The number of rotatable bonds is 6. The van der Waals surface area contributed by atoms with Crippen LogP contribution in [0.2, 0.25) is 0 Å². The van der Waals surface area contributed by atoms with Gasteiger partial charge in [-0.2, -0.15) is 11.8 Å². The van der Waals surface area contributed by atoms with Gasteiger partial charge in [0.15, 0.2) is 0 Å². The summed E-state index contributed by atoms with van der Waals surface area (Å²) in [5.41, 5.74) is 10.2. The fraction of sp³-hybridized carbons (Fsp3) is 0.923. The number of hydrogen-bond acceptors (Lipinski definition) is 3. The van der Waals surface area contributed by atoms with Gasteiger partial charge in [-0.05, 0) is 44.3 Å². The van der Waals surface area contributed by atoms with Crippen molar-refractivity contribution in [1.82, 2.24) is 0 Å². The molecule has 1 amide bonds. The number of nitrogens with two attached hydrogens (primary N) is 2. The van der Waals surface area contributed by atoms with Gasteiger partial charge in [0.05, 0.1) is 5.54 Å². The van der Waals surface area contributed by atoms with Gasteiger partial charge in [0.1, 0.15) is 0 Å². The van der Waals surface area contributed by atoms with Crippen LogP contribution in [0, 0.1) is 5.92 Å². The smallest absolute Gasteiger partial charge is 0.237 e. The van der Waals surface area contributed by atoms with Gasteiger partial charge in [0, 0.05) is 5.25 Å². The Balaban J connectivity index is 2.13. The molecule has 0 heterocycles. The second-order valence-corrected chi connectivity index (χ2v) is 7.06. The molecule has 3 nitrogen and oxygen atoms in total. The average molecular weight is 258 g/mol. The SMILES string of the molecule is CC1CCCC(SCCCC(C)(N)C(N)=O)C1. The average Bonchev–Trinajstić information content (AvgIpc) is 2.24. The minimum Gasteiger partial charge on any atom is -0.368 e. The Morgan fingerprint density at radius 2 is 2.18 bits per heavy atom. The summed E-state index contributed by atoms with van der Waals surface area (Å²) >= 11 is 2.05. The molecule has 3 atom stereocenters. The largest absolute Gasteiger partial charge is 0.368 e. The van der Waals surface area contributed by atoms with E-state index in [0.29, 0.717) is 6.42 Å². The first-order valence-corrected chi connectivity index (χ1v) is 7.67. The molecule has 0 aromatic heterocycles. The number of primary amides is 1. The lowest BCUT2D eigenvalue weighted by atomic mass is 9.91. The van der Waals surface area contributed by atoms with Gasteiger partial charge in [0.2, 0.25) is 5.91 Å². The summed E-state index contributed by atoms with van der Waals surface area (Å²) in [6.07, 6.45) is 7.13. The summed E-state index contributed by atoms with van der Waals surface area (Å²) in [5.74, 6) is 1.58. The van der Waals surface area contributed by atoms with E-state index in [1.54, 1.807) is 6.92 Å². The molecular weight excluding hydrogens is 232 g/mol. The van der Waals surface area contributed by atoms with Crippen LogP contribution in [0.15, 0.2) is 0 Å². The minimum absolute atomic E-state index is 0.395. The molecule has 0 spiro atoms. The molecular formula is C13H26N2OS. The fourth-order valence-electron chi connectivity index (χ4n) is 2.34. The van der Waals surface area contributed by atoms with Gasteiger partial charge in [-0.15, -0.1) is 0 Å². The second kappa shape index (κ2) is 6.64. The van der Waals surface area contributed by atoms with Crippen LogP contribution >= 0.6 is 11.8 Å². The third-order valence-corrected chi connectivity index (χ3v) is 5.07. The Labute approximate surface area is 109 Å². The molecule has 0 bridgehead atoms. The Kier molecular flexibility index (Phi) is 5.80. The number of carbonyl (C=O) groups is 1. The first-order valence-electron chi connectivity index (χ1n) is 6.62. The van der Waals surface area contributed by atoms with Crippen LogP contribution in [0.3, 0.4) is 0 Å². The summed E-state index contributed by atoms with van der Waals surface area (Å²) < 4.78 is 0. The van der Waals surface area contributed by atoms with Gasteiger partial charge in [-0.3, -0.25) is 4.79 Å². The number of carbonyl (C=O) groups excluding carboxylic acids is 1. The Morgan fingerprint density at radius 3 is 2.76 bits per heavy atom. The van der Waals surface area contributed by atoms with Crippen molar-refractivity contribution >= 4 is 17.7 Å². The zero-order valence-electron chi connectivity index (χ0n) is 11.1. The maximum Gasteiger partial charge on any atom is 0.237 e. The van der Waals surface area contributed by atoms with Crippen molar-refractivity contribution in [2.75, 3.05) is 5.75 Å². The molecule has 1 aliphatic carbocycles. The van der Waals surface area contributed by atoms with Crippen molar-refractivity contribution in [2.45, 2.75) is 63.2 Å². The van der Waals surface area contributed by atoms with E-state index in [4.69, 9.17) is 11.5 Å². The van der Waals surface area contributed by atoms with Crippen LogP contribution in [-0.2, 0) is 4.79 Å². The van der Waals surface area contributed by atoms with Crippen molar-refractivity contribution in [3.63, 3.8) is 0 Å². The molecule has 1 fully saturated rings. The zero-order valence-corrected chi connectivity index (χ0v) is 11.9. The predicted octanol–water partition coefficient (Wildman–Crippen LogP) is 2.28. The van der Waals surface area contributed by atoms with E-state index < -0.39 is 11.4 Å². The predicted molar refractivity (Wildman–Crippen MR) is 74.9 cm³/mol. The normalized spacial score (nSPS) is 28.6.